The molecular formula is C8H12BrN3O3. The van der Waals surface area contributed by atoms with Crippen LogP contribution in [0.2, 0.25) is 0 Å². The highest BCUT2D eigenvalue weighted by Gasteiger charge is 2.05. The van der Waals surface area contributed by atoms with E-state index in [2.05, 4.69) is 0 Å². The van der Waals surface area contributed by atoms with E-state index in [1.54, 1.807) is 0 Å². The number of hydrogen-bond donors (Lipinski definition) is 2. The summed E-state index contributed by atoms with van der Waals surface area (Å²) >= 11 is 0. The number of hydrogen-bond acceptors (Lipinski definition) is 5. The topological polar surface area (TPSA) is 92.6 Å². The second-order valence-electron chi connectivity index (χ2n) is 2.69. The third-order valence-corrected chi connectivity index (χ3v) is 1.73. The van der Waals surface area contributed by atoms with Gasteiger partial charge in [0.05, 0.1) is 23.8 Å². The van der Waals surface area contributed by atoms with Crippen molar-refractivity contribution in [3.63, 3.8) is 0 Å². The van der Waals surface area contributed by atoms with Gasteiger partial charge in [-0.25, -0.2) is 5.84 Å². The maximum Gasteiger partial charge on any atom is 0.269 e. The number of nitro benzene ring substituents is 1. The molecule has 0 unspecified atom stereocenters. The molecule has 3 N–H and O–H groups in total. The first-order valence-electron chi connectivity index (χ1n) is 4.02. The molecule has 1 aromatic carbocycles. The Balaban J connectivity index is 0.00000196. The van der Waals surface area contributed by atoms with E-state index in [-0.39, 0.29) is 35.8 Å². The normalized spacial score (nSPS) is 9.20. The van der Waals surface area contributed by atoms with Gasteiger partial charge in [-0.2, -0.15) is 0 Å². The molecule has 0 fully saturated rings. The van der Waals surface area contributed by atoms with Gasteiger partial charge >= 0.3 is 0 Å². The van der Waals surface area contributed by atoms with Gasteiger partial charge in [0.25, 0.3) is 5.69 Å². The average molecular weight is 278 g/mol. The minimum atomic E-state index is -0.476. The number of benzene rings is 1. The first-order chi connectivity index (χ1) is 6.65. The fourth-order valence-electron chi connectivity index (χ4n) is 1.00. The highest BCUT2D eigenvalue weighted by Crippen LogP contribution is 2.16. The largest absolute Gasteiger partial charge is 0.394 e. The van der Waals surface area contributed by atoms with Crippen LogP contribution in [0.25, 0.3) is 0 Å². The summed E-state index contributed by atoms with van der Waals surface area (Å²) in [4.78, 5) is 9.85. The van der Waals surface area contributed by atoms with Crippen LogP contribution in [0, 0.1) is 10.1 Å². The number of nitrogens with zero attached hydrogens (tertiary/aromatic N) is 2. The lowest BCUT2D eigenvalue weighted by molar-refractivity contribution is -0.384. The highest BCUT2D eigenvalue weighted by atomic mass is 79.9. The van der Waals surface area contributed by atoms with Crippen molar-refractivity contribution < 1.29 is 10.0 Å². The second kappa shape index (κ2) is 6.33. The zero-order valence-corrected chi connectivity index (χ0v) is 9.58. The molecular weight excluding hydrogens is 266 g/mol. The minimum absolute atomic E-state index is 0. The summed E-state index contributed by atoms with van der Waals surface area (Å²) in [6.45, 7) is 0.227. The van der Waals surface area contributed by atoms with Gasteiger partial charge in [-0.1, -0.05) is 0 Å². The molecule has 0 aromatic heterocycles. The van der Waals surface area contributed by atoms with Crippen LogP contribution in [0.15, 0.2) is 24.3 Å². The highest BCUT2D eigenvalue weighted by molar-refractivity contribution is 8.93. The van der Waals surface area contributed by atoms with Crippen molar-refractivity contribution >= 4 is 28.4 Å². The first kappa shape index (κ1) is 13.8. The van der Waals surface area contributed by atoms with Gasteiger partial charge in [-0.05, 0) is 12.1 Å². The summed E-state index contributed by atoms with van der Waals surface area (Å²) < 4.78 is 0. The maximum atomic E-state index is 10.3. The van der Waals surface area contributed by atoms with E-state index in [9.17, 15) is 10.1 Å². The number of hydrazine groups is 1. The van der Waals surface area contributed by atoms with Gasteiger partial charge < -0.3 is 10.1 Å². The number of aliphatic hydroxyl groups excluding tert-OH is 1. The summed E-state index contributed by atoms with van der Waals surface area (Å²) in [5.41, 5.74) is 0.649. The SMILES string of the molecule is Br.NN(CCO)c1ccc([N+](=O)[O-])cc1. The molecule has 0 saturated carbocycles. The van der Waals surface area contributed by atoms with E-state index in [0.717, 1.165) is 0 Å². The Morgan fingerprint density at radius 2 is 1.93 bits per heavy atom. The Hall–Kier alpha value is -1.18. The van der Waals surface area contributed by atoms with Crippen molar-refractivity contribution in [2.45, 2.75) is 0 Å². The summed E-state index contributed by atoms with van der Waals surface area (Å²) in [7, 11) is 0. The molecule has 0 atom stereocenters. The summed E-state index contributed by atoms with van der Waals surface area (Å²) in [5, 5.41) is 20.3. The Morgan fingerprint density at radius 1 is 1.40 bits per heavy atom. The molecule has 84 valence electrons. The van der Waals surface area contributed by atoms with Crippen LogP contribution in [0.3, 0.4) is 0 Å². The molecule has 1 aromatic rings. The zero-order chi connectivity index (χ0) is 10.6. The Labute approximate surface area is 97.2 Å². The van der Waals surface area contributed by atoms with Crippen LogP contribution < -0.4 is 10.9 Å². The van der Waals surface area contributed by atoms with Crippen LogP contribution in [-0.2, 0) is 0 Å². The van der Waals surface area contributed by atoms with Crippen molar-refractivity contribution in [3.8, 4) is 0 Å². The van der Waals surface area contributed by atoms with Gasteiger partial charge in [-0.15, -0.1) is 17.0 Å². The van der Waals surface area contributed by atoms with Gasteiger partial charge in [0, 0.05) is 12.1 Å². The Bertz CT molecular complexity index is 317. The Kier molecular flexibility index (Phi) is 5.83. The third kappa shape index (κ3) is 3.82. The van der Waals surface area contributed by atoms with Gasteiger partial charge in [-0.3, -0.25) is 10.1 Å². The van der Waals surface area contributed by atoms with Crippen molar-refractivity contribution in [1.29, 1.82) is 0 Å². The lowest BCUT2D eigenvalue weighted by Gasteiger charge is -2.16. The summed E-state index contributed by atoms with van der Waals surface area (Å²) in [6, 6.07) is 5.81. The van der Waals surface area contributed by atoms with E-state index in [1.165, 1.54) is 29.3 Å². The van der Waals surface area contributed by atoms with E-state index < -0.39 is 4.92 Å². The number of aliphatic hydroxyl groups is 1. The molecule has 7 heteroatoms. The first-order valence-corrected chi connectivity index (χ1v) is 4.02. The molecule has 0 radical (unpaired) electrons. The number of non-ortho nitro benzene ring substituents is 1. The molecule has 0 aliphatic rings. The van der Waals surface area contributed by atoms with Gasteiger partial charge in [0.1, 0.15) is 0 Å². The molecule has 0 bridgehead atoms. The molecule has 0 heterocycles. The number of rotatable bonds is 4. The van der Waals surface area contributed by atoms with E-state index >= 15 is 0 Å². The predicted octanol–water partition coefficient (Wildman–Crippen LogP) is 0.845. The van der Waals surface area contributed by atoms with Crippen molar-refractivity contribution in [3.05, 3.63) is 34.4 Å². The molecule has 6 nitrogen and oxygen atoms in total. The lowest BCUT2D eigenvalue weighted by atomic mass is 10.3. The number of nitro groups is 1. The van der Waals surface area contributed by atoms with Crippen molar-refractivity contribution in [1.82, 2.24) is 0 Å². The smallest absolute Gasteiger partial charge is 0.269 e. The maximum absolute atomic E-state index is 10.3. The number of nitrogens with two attached hydrogens (primary N) is 1. The van der Waals surface area contributed by atoms with Crippen LogP contribution in [0.4, 0.5) is 11.4 Å². The fraction of sp³-hybridized carbons (Fsp3) is 0.250. The molecule has 15 heavy (non-hydrogen) atoms. The number of halogens is 1. The van der Waals surface area contributed by atoms with Crippen LogP contribution >= 0.6 is 17.0 Å². The van der Waals surface area contributed by atoms with E-state index in [1.807, 2.05) is 0 Å². The molecule has 0 aliphatic carbocycles. The lowest BCUT2D eigenvalue weighted by Crippen LogP contribution is -2.33. The third-order valence-electron chi connectivity index (χ3n) is 1.73. The van der Waals surface area contributed by atoms with Crippen molar-refractivity contribution in [2.75, 3.05) is 18.2 Å². The fourth-order valence-corrected chi connectivity index (χ4v) is 1.00. The summed E-state index contributed by atoms with van der Waals surface area (Å²) in [6.07, 6.45) is 0. The zero-order valence-electron chi connectivity index (χ0n) is 7.87. The van der Waals surface area contributed by atoms with Gasteiger partial charge in [0.15, 0.2) is 0 Å². The molecule has 0 spiro atoms. The molecule has 0 saturated heterocycles. The van der Waals surface area contributed by atoms with Crippen LogP contribution in [0.5, 0.6) is 0 Å². The summed E-state index contributed by atoms with van der Waals surface area (Å²) in [5.74, 6) is 5.54. The van der Waals surface area contributed by atoms with Crippen molar-refractivity contribution in [2.24, 2.45) is 5.84 Å². The average Bonchev–Trinajstić information content (AvgIpc) is 2.18. The standard InChI is InChI=1S/C8H11N3O3.BrH/c9-10(5-6-12)7-1-3-8(4-2-7)11(13)14;/h1-4,12H,5-6,9H2;1H. The molecule has 0 amide bonds. The van der Waals surface area contributed by atoms with E-state index in [4.69, 9.17) is 10.9 Å². The Morgan fingerprint density at radius 3 is 2.33 bits per heavy atom. The van der Waals surface area contributed by atoms with Gasteiger partial charge in [0.2, 0.25) is 0 Å². The predicted molar refractivity (Wildman–Crippen MR) is 62.0 cm³/mol. The number of anilines is 1. The monoisotopic (exact) mass is 277 g/mol. The second-order valence-corrected chi connectivity index (χ2v) is 2.69. The minimum Gasteiger partial charge on any atom is -0.394 e. The molecule has 0 aliphatic heterocycles. The quantitative estimate of drug-likeness (QED) is 0.483. The van der Waals surface area contributed by atoms with E-state index in [0.29, 0.717) is 5.69 Å². The van der Waals surface area contributed by atoms with Crippen LogP contribution in [-0.4, -0.2) is 23.2 Å². The van der Waals surface area contributed by atoms with Crippen LogP contribution in [0.1, 0.15) is 0 Å². The molecule has 1 rings (SSSR count).